The average molecular weight is 404 g/mol. The number of aromatic nitrogens is 1. The second-order valence-electron chi connectivity index (χ2n) is 6.56. The molecular formula is C23H20N2O3S. The summed E-state index contributed by atoms with van der Waals surface area (Å²) in [5.74, 6) is 1.09. The maximum Gasteiger partial charge on any atom is 0.263 e. The fourth-order valence-electron chi connectivity index (χ4n) is 3.01. The second kappa shape index (κ2) is 8.32. The van der Waals surface area contributed by atoms with E-state index in [1.54, 1.807) is 30.3 Å². The van der Waals surface area contributed by atoms with Crippen LogP contribution in [0.1, 0.15) is 11.5 Å². The van der Waals surface area contributed by atoms with Gasteiger partial charge in [0.25, 0.3) is 10.0 Å². The Morgan fingerprint density at radius 2 is 1.34 bits per heavy atom. The average Bonchev–Trinajstić information content (AvgIpc) is 3.16. The molecule has 0 bridgehead atoms. The minimum Gasteiger partial charge on any atom is -0.438 e. The smallest absolute Gasteiger partial charge is 0.263 e. The van der Waals surface area contributed by atoms with E-state index in [0.717, 1.165) is 12.0 Å². The highest BCUT2D eigenvalue weighted by Crippen LogP contribution is 2.31. The van der Waals surface area contributed by atoms with Crippen LogP contribution >= 0.6 is 0 Å². The zero-order chi connectivity index (χ0) is 20.1. The fraction of sp³-hybridized carbons (Fsp3) is 0.0870. The summed E-state index contributed by atoms with van der Waals surface area (Å²) in [5, 5.41) is 0. The molecule has 0 spiro atoms. The van der Waals surface area contributed by atoms with Gasteiger partial charge in [-0.05, 0) is 24.1 Å². The largest absolute Gasteiger partial charge is 0.438 e. The number of anilines is 1. The van der Waals surface area contributed by atoms with E-state index in [9.17, 15) is 8.42 Å². The lowest BCUT2D eigenvalue weighted by Crippen LogP contribution is -2.13. The number of rotatable bonds is 7. The van der Waals surface area contributed by atoms with Gasteiger partial charge < -0.3 is 4.42 Å². The molecule has 0 saturated carbocycles. The zero-order valence-electron chi connectivity index (χ0n) is 15.7. The fourth-order valence-corrected chi connectivity index (χ4v) is 4.03. The van der Waals surface area contributed by atoms with Crippen LogP contribution < -0.4 is 4.72 Å². The standard InChI is InChI=1S/C23H20N2O3S/c26-29(27,20-14-8-3-9-15-20)25-23-22(19-12-6-2-7-13-19)28-21(24-23)17-16-18-10-4-1-5-11-18/h1-15,25H,16-17H2. The lowest BCUT2D eigenvalue weighted by atomic mass is 10.1. The molecule has 0 aliphatic heterocycles. The Morgan fingerprint density at radius 1 is 0.759 bits per heavy atom. The van der Waals surface area contributed by atoms with Gasteiger partial charge in [0.15, 0.2) is 17.5 Å². The highest BCUT2D eigenvalue weighted by Gasteiger charge is 2.21. The first-order valence-corrected chi connectivity index (χ1v) is 10.8. The van der Waals surface area contributed by atoms with Gasteiger partial charge in [-0.2, -0.15) is 4.98 Å². The first-order chi connectivity index (χ1) is 14.1. The van der Waals surface area contributed by atoms with Gasteiger partial charge in [-0.3, -0.25) is 4.72 Å². The van der Waals surface area contributed by atoms with Crippen LogP contribution in [0, 0.1) is 0 Å². The van der Waals surface area contributed by atoms with Crippen molar-refractivity contribution in [2.45, 2.75) is 17.7 Å². The normalized spacial score (nSPS) is 11.3. The molecule has 0 atom stereocenters. The Hall–Kier alpha value is -3.38. The third kappa shape index (κ3) is 4.55. The molecule has 0 fully saturated rings. The van der Waals surface area contributed by atoms with Crippen molar-refractivity contribution in [2.75, 3.05) is 4.72 Å². The zero-order valence-corrected chi connectivity index (χ0v) is 16.5. The van der Waals surface area contributed by atoms with E-state index in [2.05, 4.69) is 9.71 Å². The Bertz CT molecular complexity index is 1170. The van der Waals surface area contributed by atoms with Crippen LogP contribution in [0.4, 0.5) is 5.82 Å². The molecule has 5 nitrogen and oxygen atoms in total. The minimum absolute atomic E-state index is 0.174. The van der Waals surface area contributed by atoms with Crippen molar-refractivity contribution in [3.05, 3.63) is 102 Å². The summed E-state index contributed by atoms with van der Waals surface area (Å²) in [6, 6.07) is 27.6. The molecule has 0 aliphatic carbocycles. The number of hydrogen-bond donors (Lipinski definition) is 1. The molecule has 4 aromatic rings. The monoisotopic (exact) mass is 404 g/mol. The van der Waals surface area contributed by atoms with E-state index in [0.29, 0.717) is 18.1 Å². The topological polar surface area (TPSA) is 72.2 Å². The Labute approximate surface area is 170 Å². The van der Waals surface area contributed by atoms with E-state index in [1.165, 1.54) is 5.56 Å². The Kier molecular flexibility index (Phi) is 5.44. The van der Waals surface area contributed by atoms with Gasteiger partial charge in [0, 0.05) is 12.0 Å². The molecule has 0 radical (unpaired) electrons. The molecule has 1 heterocycles. The molecule has 0 amide bonds. The number of oxazole rings is 1. The third-order valence-electron chi connectivity index (χ3n) is 4.46. The van der Waals surface area contributed by atoms with Crippen LogP contribution in [0.25, 0.3) is 11.3 Å². The molecule has 6 heteroatoms. The van der Waals surface area contributed by atoms with Gasteiger partial charge in [-0.25, -0.2) is 8.42 Å². The molecule has 4 rings (SSSR count). The number of hydrogen-bond acceptors (Lipinski definition) is 4. The SMILES string of the molecule is O=S(=O)(Nc1nc(CCc2ccccc2)oc1-c1ccccc1)c1ccccc1. The lowest BCUT2D eigenvalue weighted by Gasteiger charge is -2.06. The minimum atomic E-state index is -3.77. The number of aryl methyl sites for hydroxylation is 2. The molecule has 0 saturated heterocycles. The summed E-state index contributed by atoms with van der Waals surface area (Å²) in [6.07, 6.45) is 1.32. The van der Waals surface area contributed by atoms with Crippen molar-refractivity contribution in [3.8, 4) is 11.3 Å². The Balaban J connectivity index is 1.65. The summed E-state index contributed by atoms with van der Waals surface area (Å²) in [5.41, 5.74) is 1.93. The van der Waals surface area contributed by atoms with Crippen molar-refractivity contribution >= 4 is 15.8 Å². The molecule has 0 aliphatic rings. The summed E-state index contributed by atoms with van der Waals surface area (Å²) in [6.45, 7) is 0. The van der Waals surface area contributed by atoms with Crippen molar-refractivity contribution in [1.82, 2.24) is 4.98 Å². The molecule has 146 valence electrons. The lowest BCUT2D eigenvalue weighted by molar-refractivity contribution is 0.505. The van der Waals surface area contributed by atoms with Crippen LogP contribution in [0.15, 0.2) is 100 Å². The molecule has 3 aromatic carbocycles. The summed E-state index contributed by atoms with van der Waals surface area (Å²) in [7, 11) is -3.77. The quantitative estimate of drug-likeness (QED) is 0.474. The number of nitrogens with zero attached hydrogens (tertiary/aromatic N) is 1. The van der Waals surface area contributed by atoms with Gasteiger partial charge in [-0.1, -0.05) is 78.9 Å². The predicted molar refractivity (Wildman–Crippen MR) is 113 cm³/mol. The van der Waals surface area contributed by atoms with Gasteiger partial charge >= 0.3 is 0 Å². The van der Waals surface area contributed by atoms with E-state index < -0.39 is 10.0 Å². The van der Waals surface area contributed by atoms with Crippen molar-refractivity contribution in [1.29, 1.82) is 0 Å². The van der Waals surface area contributed by atoms with Crippen LogP contribution in [0.3, 0.4) is 0 Å². The van der Waals surface area contributed by atoms with E-state index >= 15 is 0 Å². The summed E-state index contributed by atoms with van der Waals surface area (Å²) in [4.78, 5) is 4.63. The van der Waals surface area contributed by atoms with E-state index in [4.69, 9.17) is 4.42 Å². The molecule has 29 heavy (non-hydrogen) atoms. The first-order valence-electron chi connectivity index (χ1n) is 9.29. The van der Waals surface area contributed by atoms with Crippen LogP contribution in [-0.4, -0.2) is 13.4 Å². The van der Waals surface area contributed by atoms with Gasteiger partial charge in [0.2, 0.25) is 0 Å². The summed E-state index contributed by atoms with van der Waals surface area (Å²) < 4.78 is 34.1. The first kappa shape index (κ1) is 19.0. The molecule has 0 unspecified atom stereocenters. The van der Waals surface area contributed by atoms with Gasteiger partial charge in [0.1, 0.15) is 0 Å². The van der Waals surface area contributed by atoms with E-state index in [-0.39, 0.29) is 10.7 Å². The Morgan fingerprint density at radius 3 is 2.00 bits per heavy atom. The van der Waals surface area contributed by atoms with E-state index in [1.807, 2.05) is 60.7 Å². The van der Waals surface area contributed by atoms with Crippen LogP contribution in [0.5, 0.6) is 0 Å². The number of benzene rings is 3. The predicted octanol–water partition coefficient (Wildman–Crippen LogP) is 4.93. The molecule has 1 aromatic heterocycles. The van der Waals surface area contributed by atoms with Gasteiger partial charge in [0.05, 0.1) is 4.90 Å². The highest BCUT2D eigenvalue weighted by molar-refractivity contribution is 7.92. The maximum atomic E-state index is 12.8. The van der Waals surface area contributed by atoms with Gasteiger partial charge in [-0.15, -0.1) is 0 Å². The van der Waals surface area contributed by atoms with Crippen molar-refractivity contribution in [3.63, 3.8) is 0 Å². The number of nitrogens with one attached hydrogen (secondary N) is 1. The highest BCUT2D eigenvalue weighted by atomic mass is 32.2. The van der Waals surface area contributed by atoms with Crippen molar-refractivity contribution in [2.24, 2.45) is 0 Å². The van der Waals surface area contributed by atoms with Crippen LogP contribution in [-0.2, 0) is 22.9 Å². The third-order valence-corrected chi connectivity index (χ3v) is 5.82. The molecular weight excluding hydrogens is 384 g/mol. The second-order valence-corrected chi connectivity index (χ2v) is 8.24. The summed E-state index contributed by atoms with van der Waals surface area (Å²) >= 11 is 0. The molecule has 1 N–H and O–H groups in total. The van der Waals surface area contributed by atoms with Crippen LogP contribution in [0.2, 0.25) is 0 Å². The number of sulfonamides is 1. The van der Waals surface area contributed by atoms with Crippen molar-refractivity contribution < 1.29 is 12.8 Å². The maximum absolute atomic E-state index is 12.8.